The molecule has 0 amide bonds. The van der Waals surface area contributed by atoms with Crippen LogP contribution < -0.4 is 0 Å². The van der Waals surface area contributed by atoms with Crippen molar-refractivity contribution in [3.8, 4) is 17.0 Å². The minimum atomic E-state index is 0.304. The SMILES string of the molecule is Cc1nc(-c2ccc(O)cc2C)cs1. The highest BCUT2D eigenvalue weighted by atomic mass is 32.1. The third kappa shape index (κ3) is 1.63. The van der Waals surface area contributed by atoms with Gasteiger partial charge in [-0.25, -0.2) is 4.98 Å². The molecule has 0 bridgehead atoms. The maximum absolute atomic E-state index is 9.27. The number of aryl methyl sites for hydroxylation is 2. The van der Waals surface area contributed by atoms with Crippen LogP contribution in [0.2, 0.25) is 0 Å². The van der Waals surface area contributed by atoms with E-state index in [1.807, 2.05) is 25.3 Å². The first kappa shape index (κ1) is 9.21. The molecule has 2 nitrogen and oxygen atoms in total. The largest absolute Gasteiger partial charge is 0.508 e. The first-order valence-electron chi connectivity index (χ1n) is 4.39. The molecule has 1 heterocycles. The summed E-state index contributed by atoms with van der Waals surface area (Å²) in [5, 5.41) is 12.4. The van der Waals surface area contributed by atoms with E-state index < -0.39 is 0 Å². The zero-order valence-electron chi connectivity index (χ0n) is 8.11. The Morgan fingerprint density at radius 2 is 2.07 bits per heavy atom. The molecule has 0 fully saturated rings. The number of benzene rings is 1. The molecule has 0 atom stereocenters. The van der Waals surface area contributed by atoms with E-state index in [9.17, 15) is 5.11 Å². The highest BCUT2D eigenvalue weighted by molar-refractivity contribution is 7.09. The summed E-state index contributed by atoms with van der Waals surface area (Å²) in [4.78, 5) is 4.41. The number of rotatable bonds is 1. The summed E-state index contributed by atoms with van der Waals surface area (Å²) >= 11 is 1.64. The molecule has 0 saturated carbocycles. The maximum atomic E-state index is 9.27. The molecular formula is C11H11NOS. The van der Waals surface area contributed by atoms with E-state index in [4.69, 9.17) is 0 Å². The van der Waals surface area contributed by atoms with Gasteiger partial charge in [-0.15, -0.1) is 11.3 Å². The van der Waals surface area contributed by atoms with Gasteiger partial charge in [-0.1, -0.05) is 0 Å². The summed E-state index contributed by atoms with van der Waals surface area (Å²) in [5.74, 6) is 0.304. The van der Waals surface area contributed by atoms with E-state index in [1.54, 1.807) is 23.5 Å². The second kappa shape index (κ2) is 3.42. The Labute approximate surface area is 86.9 Å². The molecule has 0 aliphatic heterocycles. The van der Waals surface area contributed by atoms with Crippen LogP contribution in [0.5, 0.6) is 5.75 Å². The number of phenolic OH excluding ortho intramolecular Hbond substituents is 1. The smallest absolute Gasteiger partial charge is 0.115 e. The molecule has 0 aliphatic rings. The average molecular weight is 205 g/mol. The molecule has 14 heavy (non-hydrogen) atoms. The highest BCUT2D eigenvalue weighted by Gasteiger charge is 2.05. The van der Waals surface area contributed by atoms with Crippen molar-refractivity contribution in [1.29, 1.82) is 0 Å². The second-order valence-electron chi connectivity index (χ2n) is 3.25. The number of phenols is 1. The molecule has 1 aromatic carbocycles. The molecule has 0 saturated heterocycles. The molecule has 1 N–H and O–H groups in total. The van der Waals surface area contributed by atoms with E-state index in [0.717, 1.165) is 21.8 Å². The van der Waals surface area contributed by atoms with Crippen LogP contribution in [0, 0.1) is 13.8 Å². The fourth-order valence-corrected chi connectivity index (χ4v) is 2.04. The molecule has 72 valence electrons. The van der Waals surface area contributed by atoms with Crippen molar-refractivity contribution >= 4 is 11.3 Å². The second-order valence-corrected chi connectivity index (χ2v) is 4.31. The van der Waals surface area contributed by atoms with Gasteiger partial charge in [-0.05, 0) is 37.6 Å². The Kier molecular flexibility index (Phi) is 2.25. The van der Waals surface area contributed by atoms with E-state index >= 15 is 0 Å². The monoisotopic (exact) mass is 205 g/mol. The van der Waals surface area contributed by atoms with Gasteiger partial charge < -0.3 is 5.11 Å². The first-order valence-corrected chi connectivity index (χ1v) is 5.27. The molecule has 1 aromatic heterocycles. The van der Waals surface area contributed by atoms with Gasteiger partial charge in [-0.3, -0.25) is 0 Å². The fraction of sp³-hybridized carbons (Fsp3) is 0.182. The van der Waals surface area contributed by atoms with Crippen molar-refractivity contribution in [2.24, 2.45) is 0 Å². The third-order valence-electron chi connectivity index (χ3n) is 2.10. The summed E-state index contributed by atoms with van der Waals surface area (Å²) in [6.45, 7) is 3.97. The van der Waals surface area contributed by atoms with Crippen LogP contribution in [0.4, 0.5) is 0 Å². The summed E-state index contributed by atoms with van der Waals surface area (Å²) in [6, 6.07) is 5.35. The van der Waals surface area contributed by atoms with Crippen LogP contribution in [-0.2, 0) is 0 Å². The predicted molar refractivity (Wildman–Crippen MR) is 58.7 cm³/mol. The Morgan fingerprint density at radius 1 is 1.29 bits per heavy atom. The topological polar surface area (TPSA) is 33.1 Å². The minimum absolute atomic E-state index is 0.304. The van der Waals surface area contributed by atoms with Gasteiger partial charge in [0.15, 0.2) is 0 Å². The van der Waals surface area contributed by atoms with Crippen molar-refractivity contribution in [3.05, 3.63) is 34.2 Å². The van der Waals surface area contributed by atoms with Crippen molar-refractivity contribution in [1.82, 2.24) is 4.98 Å². The van der Waals surface area contributed by atoms with Gasteiger partial charge in [-0.2, -0.15) is 0 Å². The van der Waals surface area contributed by atoms with Gasteiger partial charge in [0, 0.05) is 10.9 Å². The van der Waals surface area contributed by atoms with Crippen molar-refractivity contribution in [3.63, 3.8) is 0 Å². The fourth-order valence-electron chi connectivity index (χ4n) is 1.42. The molecular weight excluding hydrogens is 194 g/mol. The zero-order valence-corrected chi connectivity index (χ0v) is 8.93. The van der Waals surface area contributed by atoms with Crippen LogP contribution in [0.25, 0.3) is 11.3 Å². The normalized spacial score (nSPS) is 10.4. The first-order chi connectivity index (χ1) is 6.66. The molecule has 0 unspecified atom stereocenters. The van der Waals surface area contributed by atoms with Crippen LogP contribution >= 0.6 is 11.3 Å². The Balaban J connectivity index is 2.52. The van der Waals surface area contributed by atoms with Crippen molar-refractivity contribution in [2.45, 2.75) is 13.8 Å². The van der Waals surface area contributed by atoms with Gasteiger partial charge >= 0.3 is 0 Å². The van der Waals surface area contributed by atoms with Crippen LogP contribution in [0.1, 0.15) is 10.6 Å². The van der Waals surface area contributed by atoms with Crippen LogP contribution in [0.3, 0.4) is 0 Å². The Hall–Kier alpha value is -1.35. The lowest BCUT2D eigenvalue weighted by Crippen LogP contribution is -1.83. The average Bonchev–Trinajstić information content (AvgIpc) is 2.51. The lowest BCUT2D eigenvalue weighted by atomic mass is 10.1. The molecule has 0 radical (unpaired) electrons. The molecule has 2 aromatic rings. The molecule has 0 aliphatic carbocycles. The number of aromatic nitrogens is 1. The minimum Gasteiger partial charge on any atom is -0.508 e. The number of thiazole rings is 1. The van der Waals surface area contributed by atoms with Crippen molar-refractivity contribution in [2.75, 3.05) is 0 Å². The summed E-state index contributed by atoms with van der Waals surface area (Å²) in [7, 11) is 0. The summed E-state index contributed by atoms with van der Waals surface area (Å²) < 4.78 is 0. The van der Waals surface area contributed by atoms with Gasteiger partial charge in [0.25, 0.3) is 0 Å². The molecule has 3 heteroatoms. The lowest BCUT2D eigenvalue weighted by molar-refractivity contribution is 0.475. The number of aromatic hydroxyl groups is 1. The van der Waals surface area contributed by atoms with E-state index in [0.29, 0.717) is 5.75 Å². The standard InChI is InChI=1S/C11H11NOS/c1-7-5-9(13)3-4-10(7)11-6-14-8(2)12-11/h3-6,13H,1-2H3. The van der Waals surface area contributed by atoms with Crippen LogP contribution in [-0.4, -0.2) is 10.1 Å². The number of hydrogen-bond donors (Lipinski definition) is 1. The quantitative estimate of drug-likeness (QED) is 0.775. The Morgan fingerprint density at radius 3 is 2.64 bits per heavy atom. The lowest BCUT2D eigenvalue weighted by Gasteiger charge is -2.02. The van der Waals surface area contributed by atoms with E-state index in [-0.39, 0.29) is 0 Å². The highest BCUT2D eigenvalue weighted by Crippen LogP contribution is 2.27. The van der Waals surface area contributed by atoms with Crippen molar-refractivity contribution < 1.29 is 5.11 Å². The van der Waals surface area contributed by atoms with Gasteiger partial charge in [0.2, 0.25) is 0 Å². The predicted octanol–water partition coefficient (Wildman–Crippen LogP) is 3.13. The molecule has 0 spiro atoms. The molecule has 2 rings (SSSR count). The van der Waals surface area contributed by atoms with Gasteiger partial charge in [0.05, 0.1) is 10.7 Å². The Bertz CT molecular complexity index is 462. The maximum Gasteiger partial charge on any atom is 0.115 e. The summed E-state index contributed by atoms with van der Waals surface area (Å²) in [5.41, 5.74) is 3.13. The summed E-state index contributed by atoms with van der Waals surface area (Å²) in [6.07, 6.45) is 0. The van der Waals surface area contributed by atoms with E-state index in [2.05, 4.69) is 4.98 Å². The van der Waals surface area contributed by atoms with E-state index in [1.165, 1.54) is 0 Å². The number of nitrogens with zero attached hydrogens (tertiary/aromatic N) is 1. The zero-order chi connectivity index (χ0) is 10.1. The van der Waals surface area contributed by atoms with Gasteiger partial charge in [0.1, 0.15) is 5.75 Å². The third-order valence-corrected chi connectivity index (χ3v) is 2.88. The number of hydrogen-bond acceptors (Lipinski definition) is 3. The van der Waals surface area contributed by atoms with Crippen LogP contribution in [0.15, 0.2) is 23.6 Å².